The Morgan fingerprint density at radius 3 is 2.66 bits per heavy atom. The average Bonchev–Trinajstić information content (AvgIpc) is 3.40. The summed E-state index contributed by atoms with van der Waals surface area (Å²) >= 11 is 1.02. The van der Waals surface area contributed by atoms with Gasteiger partial charge in [-0.3, -0.25) is 24.2 Å². The molecular formula is C23H24N4O4S. The van der Waals surface area contributed by atoms with Crippen LogP contribution in [0.4, 0.5) is 10.5 Å². The maximum Gasteiger partial charge on any atom is 0.289 e. The third-order valence-corrected chi connectivity index (χ3v) is 6.81. The molecule has 8 nitrogen and oxygen atoms in total. The number of morpholine rings is 1. The van der Waals surface area contributed by atoms with Gasteiger partial charge in [0.05, 0.1) is 31.1 Å². The summed E-state index contributed by atoms with van der Waals surface area (Å²) < 4.78 is 7.45. The molecule has 3 aliphatic rings. The number of nitrogens with one attached hydrogen (secondary N) is 1. The quantitative estimate of drug-likeness (QED) is 0.702. The van der Waals surface area contributed by atoms with Crippen LogP contribution in [0.1, 0.15) is 22.4 Å². The van der Waals surface area contributed by atoms with Crippen molar-refractivity contribution in [3.05, 3.63) is 52.8 Å². The fraction of sp³-hybridized carbons (Fsp3) is 0.348. The molecule has 3 aliphatic heterocycles. The van der Waals surface area contributed by atoms with Gasteiger partial charge in [0.15, 0.2) is 0 Å². The molecule has 5 rings (SSSR count). The topological polar surface area (TPSA) is 83.9 Å². The van der Waals surface area contributed by atoms with Crippen LogP contribution in [0.5, 0.6) is 0 Å². The molecule has 2 fully saturated rings. The van der Waals surface area contributed by atoms with E-state index in [0.717, 1.165) is 67.1 Å². The van der Waals surface area contributed by atoms with Crippen molar-refractivity contribution < 1.29 is 19.1 Å². The second-order valence-corrected chi connectivity index (χ2v) is 9.13. The summed E-state index contributed by atoms with van der Waals surface area (Å²) in [6.07, 6.45) is 3.99. The maximum atomic E-state index is 12.7. The van der Waals surface area contributed by atoms with E-state index in [0.29, 0.717) is 5.57 Å². The number of carbonyl (C=O) groups is 3. The van der Waals surface area contributed by atoms with E-state index in [1.54, 1.807) is 0 Å². The van der Waals surface area contributed by atoms with E-state index >= 15 is 0 Å². The Hall–Kier alpha value is -2.88. The van der Waals surface area contributed by atoms with Crippen LogP contribution in [0.2, 0.25) is 0 Å². The monoisotopic (exact) mass is 452 g/mol. The number of carbonyl (C=O) groups excluding carboxylic acids is 3. The molecule has 166 valence electrons. The van der Waals surface area contributed by atoms with Gasteiger partial charge < -0.3 is 14.6 Å². The number of nitrogens with zero attached hydrogens (tertiary/aromatic N) is 3. The number of amides is 3. The molecule has 2 aromatic rings. The Bertz CT molecular complexity index is 1120. The Morgan fingerprint density at radius 1 is 1.09 bits per heavy atom. The van der Waals surface area contributed by atoms with E-state index in [-0.39, 0.29) is 29.4 Å². The van der Waals surface area contributed by atoms with E-state index in [1.807, 2.05) is 35.9 Å². The van der Waals surface area contributed by atoms with Crippen LogP contribution in [-0.2, 0) is 34.5 Å². The highest BCUT2D eigenvalue weighted by Gasteiger charge is 2.31. The molecule has 3 amide bonds. The number of ether oxygens (including phenoxy) is 1. The van der Waals surface area contributed by atoms with Gasteiger partial charge in [-0.15, -0.1) is 0 Å². The smallest absolute Gasteiger partial charge is 0.289 e. The predicted octanol–water partition coefficient (Wildman–Crippen LogP) is 2.55. The van der Waals surface area contributed by atoms with Crippen LogP contribution in [0.15, 0.2) is 30.5 Å². The van der Waals surface area contributed by atoms with Crippen molar-refractivity contribution in [2.24, 2.45) is 7.05 Å². The lowest BCUT2D eigenvalue weighted by Crippen LogP contribution is -2.35. The number of rotatable bonds is 5. The number of thioether (sulfide) groups is 1. The molecule has 4 heterocycles. The summed E-state index contributed by atoms with van der Waals surface area (Å²) in [7, 11) is 1.97. The van der Waals surface area contributed by atoms with Gasteiger partial charge in [0, 0.05) is 49.8 Å². The van der Waals surface area contributed by atoms with E-state index in [4.69, 9.17) is 4.74 Å². The van der Waals surface area contributed by atoms with Gasteiger partial charge in [-0.1, -0.05) is 17.8 Å². The molecule has 0 bridgehead atoms. The van der Waals surface area contributed by atoms with Crippen LogP contribution in [0.25, 0.3) is 11.6 Å². The van der Waals surface area contributed by atoms with Crippen molar-refractivity contribution in [2.45, 2.75) is 13.1 Å². The average molecular weight is 453 g/mol. The third kappa shape index (κ3) is 4.11. The van der Waals surface area contributed by atoms with Crippen molar-refractivity contribution in [2.75, 3.05) is 37.4 Å². The second kappa shape index (κ2) is 8.57. The van der Waals surface area contributed by atoms with Gasteiger partial charge in [0.1, 0.15) is 0 Å². The molecule has 0 saturated carbocycles. The molecule has 1 aromatic heterocycles. The Labute approximate surface area is 190 Å². The van der Waals surface area contributed by atoms with E-state index in [9.17, 15) is 14.4 Å². The molecule has 9 heteroatoms. The van der Waals surface area contributed by atoms with Crippen LogP contribution >= 0.6 is 11.8 Å². The molecule has 2 saturated heterocycles. The summed E-state index contributed by atoms with van der Waals surface area (Å²) in [5, 5.41) is 2.68. The van der Waals surface area contributed by atoms with Crippen molar-refractivity contribution in [1.82, 2.24) is 14.4 Å². The minimum atomic E-state index is -0.225. The molecule has 0 spiro atoms. The number of hydrogen-bond donors (Lipinski definition) is 1. The Balaban J connectivity index is 1.40. The lowest BCUT2D eigenvalue weighted by atomic mass is 10.0. The summed E-state index contributed by atoms with van der Waals surface area (Å²) in [5.41, 5.74) is 5.05. The summed E-state index contributed by atoms with van der Waals surface area (Å²) in [6.45, 7) is 4.43. The first-order chi connectivity index (χ1) is 15.5. The standard InChI is InChI=1S/C23H24N4O4S/c1-25-11-16(12-26-4-6-31-7-5-26)8-17(25)10-19-18-9-15(2-3-20(18)24-22(19)29)13-27-21(28)14-32-23(27)30/h2-3,8-11H,4-7,12-14H2,1H3,(H,24,29)/b19-10-. The van der Waals surface area contributed by atoms with Gasteiger partial charge in [-0.2, -0.15) is 0 Å². The Kier molecular flexibility index (Phi) is 5.62. The zero-order chi connectivity index (χ0) is 22.2. The summed E-state index contributed by atoms with van der Waals surface area (Å²) in [4.78, 5) is 40.2. The normalized spacial score (nSPS) is 20.3. The van der Waals surface area contributed by atoms with Gasteiger partial charge in [0.25, 0.3) is 11.1 Å². The highest BCUT2D eigenvalue weighted by molar-refractivity contribution is 8.14. The number of fused-ring (bicyclic) bond motifs is 1. The fourth-order valence-electron chi connectivity index (χ4n) is 4.24. The minimum Gasteiger partial charge on any atom is -0.379 e. The molecule has 0 radical (unpaired) electrons. The zero-order valence-corrected chi connectivity index (χ0v) is 18.6. The lowest BCUT2D eigenvalue weighted by Gasteiger charge is -2.26. The molecule has 0 atom stereocenters. The van der Waals surface area contributed by atoms with Crippen molar-refractivity contribution in [1.29, 1.82) is 0 Å². The van der Waals surface area contributed by atoms with Crippen LogP contribution in [-0.4, -0.2) is 63.5 Å². The lowest BCUT2D eigenvalue weighted by molar-refractivity contribution is -0.125. The largest absolute Gasteiger partial charge is 0.379 e. The number of anilines is 1. The summed E-state index contributed by atoms with van der Waals surface area (Å²) in [6, 6.07) is 7.67. The van der Waals surface area contributed by atoms with E-state index in [2.05, 4.69) is 22.5 Å². The van der Waals surface area contributed by atoms with E-state index in [1.165, 1.54) is 10.5 Å². The summed E-state index contributed by atoms with van der Waals surface area (Å²) in [5.74, 6) is -0.145. The molecule has 1 N–H and O–H groups in total. The van der Waals surface area contributed by atoms with Crippen molar-refractivity contribution in [3.63, 3.8) is 0 Å². The molecular weight excluding hydrogens is 428 g/mol. The van der Waals surface area contributed by atoms with Crippen LogP contribution in [0, 0.1) is 0 Å². The predicted molar refractivity (Wildman–Crippen MR) is 123 cm³/mol. The fourth-order valence-corrected chi connectivity index (χ4v) is 4.97. The first-order valence-electron chi connectivity index (χ1n) is 10.6. The number of aromatic nitrogens is 1. The van der Waals surface area contributed by atoms with Gasteiger partial charge in [-0.25, -0.2) is 0 Å². The second-order valence-electron chi connectivity index (χ2n) is 8.20. The molecule has 1 aromatic carbocycles. The van der Waals surface area contributed by atoms with Crippen molar-refractivity contribution >= 4 is 46.2 Å². The maximum absolute atomic E-state index is 12.7. The zero-order valence-electron chi connectivity index (χ0n) is 17.8. The number of benzene rings is 1. The molecule has 0 unspecified atom stereocenters. The van der Waals surface area contributed by atoms with Crippen LogP contribution in [0.3, 0.4) is 0 Å². The van der Waals surface area contributed by atoms with Crippen molar-refractivity contribution in [3.8, 4) is 0 Å². The molecule has 32 heavy (non-hydrogen) atoms. The van der Waals surface area contributed by atoms with Gasteiger partial charge in [-0.05, 0) is 35.4 Å². The minimum absolute atomic E-state index is 0.156. The van der Waals surface area contributed by atoms with Gasteiger partial charge >= 0.3 is 0 Å². The van der Waals surface area contributed by atoms with Gasteiger partial charge in [0.2, 0.25) is 5.91 Å². The number of imide groups is 1. The van der Waals surface area contributed by atoms with E-state index < -0.39 is 0 Å². The Morgan fingerprint density at radius 2 is 1.91 bits per heavy atom. The first-order valence-corrected chi connectivity index (χ1v) is 11.6. The highest BCUT2D eigenvalue weighted by atomic mass is 32.2. The number of aryl methyl sites for hydroxylation is 1. The SMILES string of the molecule is Cn1cc(CN2CCOCC2)cc1/C=C1\C(=O)Nc2ccc(CN3C(=O)CSC3=O)cc21. The number of hydrogen-bond acceptors (Lipinski definition) is 6. The van der Waals surface area contributed by atoms with Crippen LogP contribution < -0.4 is 5.32 Å². The highest BCUT2D eigenvalue weighted by Crippen LogP contribution is 2.35. The first kappa shape index (κ1) is 21.0. The molecule has 0 aliphatic carbocycles. The third-order valence-electron chi connectivity index (χ3n) is 5.95.